The van der Waals surface area contributed by atoms with Gasteiger partial charge in [0, 0.05) is 25.2 Å². The highest BCUT2D eigenvalue weighted by Crippen LogP contribution is 2.08. The lowest BCUT2D eigenvalue weighted by molar-refractivity contribution is 0.312. The van der Waals surface area contributed by atoms with Gasteiger partial charge >= 0.3 is 0 Å². The summed E-state index contributed by atoms with van der Waals surface area (Å²) in [6.45, 7) is 12.1. The van der Waals surface area contributed by atoms with Crippen LogP contribution in [-0.2, 0) is 6.42 Å². The highest BCUT2D eigenvalue weighted by Gasteiger charge is 2.08. The molecule has 0 aromatic heterocycles. The van der Waals surface area contributed by atoms with Gasteiger partial charge in [-0.05, 0) is 52.3 Å². The standard InChI is InChI=1S/C16H28N2/c1-14-8-6-7-9-15(14)10-12-18(5)13-11-17-16(2,3)4/h6-9,17H,10-13H2,1-5H3. The van der Waals surface area contributed by atoms with Gasteiger partial charge in [0.05, 0.1) is 0 Å². The second-order valence-electron chi connectivity index (χ2n) is 6.16. The average molecular weight is 248 g/mol. The van der Waals surface area contributed by atoms with Crippen LogP contribution in [0.1, 0.15) is 31.9 Å². The minimum Gasteiger partial charge on any atom is -0.311 e. The Bertz CT molecular complexity index is 352. The summed E-state index contributed by atoms with van der Waals surface area (Å²) in [7, 11) is 2.20. The third kappa shape index (κ3) is 6.18. The summed E-state index contributed by atoms with van der Waals surface area (Å²) in [5, 5.41) is 3.52. The van der Waals surface area contributed by atoms with E-state index in [-0.39, 0.29) is 5.54 Å². The first-order valence-corrected chi connectivity index (χ1v) is 6.86. The Labute approximate surface area is 112 Å². The second-order valence-corrected chi connectivity index (χ2v) is 6.16. The molecule has 0 saturated carbocycles. The third-order valence-corrected chi connectivity index (χ3v) is 3.17. The van der Waals surface area contributed by atoms with Crippen LogP contribution in [0.3, 0.4) is 0 Å². The van der Waals surface area contributed by atoms with E-state index in [9.17, 15) is 0 Å². The Morgan fingerprint density at radius 3 is 2.39 bits per heavy atom. The van der Waals surface area contributed by atoms with Crippen LogP contribution in [0.4, 0.5) is 0 Å². The molecule has 0 bridgehead atoms. The molecule has 102 valence electrons. The Morgan fingerprint density at radius 1 is 1.11 bits per heavy atom. The lowest BCUT2D eigenvalue weighted by Gasteiger charge is -2.23. The molecule has 0 aliphatic carbocycles. The fourth-order valence-corrected chi connectivity index (χ4v) is 1.94. The van der Waals surface area contributed by atoms with E-state index in [0.29, 0.717) is 0 Å². The normalized spacial score (nSPS) is 12.1. The Morgan fingerprint density at radius 2 is 1.78 bits per heavy atom. The number of nitrogens with zero attached hydrogens (tertiary/aromatic N) is 1. The first-order chi connectivity index (χ1) is 8.38. The number of aryl methyl sites for hydroxylation is 1. The first kappa shape index (κ1) is 15.2. The maximum Gasteiger partial charge on any atom is 0.0104 e. The highest BCUT2D eigenvalue weighted by molar-refractivity contribution is 5.25. The van der Waals surface area contributed by atoms with E-state index in [2.05, 4.69) is 69.2 Å². The summed E-state index contributed by atoms with van der Waals surface area (Å²) < 4.78 is 0. The number of benzene rings is 1. The Hall–Kier alpha value is -0.860. The van der Waals surface area contributed by atoms with Crippen LogP contribution < -0.4 is 5.32 Å². The quantitative estimate of drug-likeness (QED) is 0.833. The molecule has 0 aliphatic heterocycles. The molecule has 0 heterocycles. The molecule has 0 radical (unpaired) electrons. The van der Waals surface area contributed by atoms with Crippen LogP contribution in [-0.4, -0.2) is 37.1 Å². The number of hydrogen-bond donors (Lipinski definition) is 1. The van der Waals surface area contributed by atoms with E-state index in [1.807, 2.05) is 0 Å². The lowest BCUT2D eigenvalue weighted by Crippen LogP contribution is -2.40. The zero-order valence-corrected chi connectivity index (χ0v) is 12.6. The molecule has 0 spiro atoms. The van der Waals surface area contributed by atoms with Gasteiger partial charge in [-0.15, -0.1) is 0 Å². The van der Waals surface area contributed by atoms with Gasteiger partial charge in [-0.25, -0.2) is 0 Å². The van der Waals surface area contributed by atoms with Gasteiger partial charge in [0.25, 0.3) is 0 Å². The molecule has 2 nitrogen and oxygen atoms in total. The van der Waals surface area contributed by atoms with E-state index in [1.54, 1.807) is 0 Å². The Kier molecular flexibility index (Phi) is 5.83. The first-order valence-electron chi connectivity index (χ1n) is 6.86. The van der Waals surface area contributed by atoms with Crippen LogP contribution in [0.5, 0.6) is 0 Å². The van der Waals surface area contributed by atoms with Gasteiger partial charge in [0.15, 0.2) is 0 Å². The summed E-state index contributed by atoms with van der Waals surface area (Å²) in [6.07, 6.45) is 1.14. The van der Waals surface area contributed by atoms with Gasteiger partial charge in [0.1, 0.15) is 0 Å². The number of rotatable bonds is 6. The third-order valence-electron chi connectivity index (χ3n) is 3.17. The molecule has 0 fully saturated rings. The van der Waals surface area contributed by atoms with E-state index < -0.39 is 0 Å². The minimum atomic E-state index is 0.219. The predicted octanol–water partition coefficient (Wildman–Crippen LogP) is 2.86. The zero-order valence-electron chi connectivity index (χ0n) is 12.6. The average Bonchev–Trinajstić information content (AvgIpc) is 2.26. The second kappa shape index (κ2) is 6.91. The van der Waals surface area contributed by atoms with E-state index in [1.165, 1.54) is 11.1 Å². The summed E-state index contributed by atoms with van der Waals surface area (Å²) in [5.74, 6) is 0. The molecule has 1 aromatic rings. The molecule has 1 N–H and O–H groups in total. The molecule has 2 heteroatoms. The summed E-state index contributed by atoms with van der Waals surface area (Å²) in [4.78, 5) is 2.39. The molecular formula is C16H28N2. The topological polar surface area (TPSA) is 15.3 Å². The summed E-state index contributed by atoms with van der Waals surface area (Å²) in [6, 6.07) is 8.66. The predicted molar refractivity (Wildman–Crippen MR) is 80.1 cm³/mol. The van der Waals surface area contributed by atoms with Crippen molar-refractivity contribution in [3.8, 4) is 0 Å². The number of hydrogen-bond acceptors (Lipinski definition) is 2. The lowest BCUT2D eigenvalue weighted by atomic mass is 10.1. The molecular weight excluding hydrogens is 220 g/mol. The molecule has 18 heavy (non-hydrogen) atoms. The van der Waals surface area contributed by atoms with Gasteiger partial charge in [-0.3, -0.25) is 0 Å². The fourth-order valence-electron chi connectivity index (χ4n) is 1.94. The van der Waals surface area contributed by atoms with Crippen molar-refractivity contribution in [2.45, 2.75) is 39.7 Å². The monoisotopic (exact) mass is 248 g/mol. The van der Waals surface area contributed by atoms with Gasteiger partial charge in [0.2, 0.25) is 0 Å². The van der Waals surface area contributed by atoms with Crippen molar-refractivity contribution in [2.24, 2.45) is 0 Å². The number of likely N-dealkylation sites (N-methyl/N-ethyl adjacent to an activating group) is 1. The molecule has 1 rings (SSSR count). The highest BCUT2D eigenvalue weighted by atomic mass is 15.1. The van der Waals surface area contributed by atoms with E-state index >= 15 is 0 Å². The van der Waals surface area contributed by atoms with Crippen molar-refractivity contribution < 1.29 is 0 Å². The minimum absolute atomic E-state index is 0.219. The molecule has 0 unspecified atom stereocenters. The largest absolute Gasteiger partial charge is 0.311 e. The molecule has 0 aliphatic rings. The SMILES string of the molecule is Cc1ccccc1CCN(C)CCNC(C)(C)C. The maximum absolute atomic E-state index is 3.52. The molecule has 1 aromatic carbocycles. The zero-order chi connectivity index (χ0) is 13.6. The summed E-state index contributed by atoms with van der Waals surface area (Å²) in [5.41, 5.74) is 3.09. The van der Waals surface area contributed by atoms with E-state index in [4.69, 9.17) is 0 Å². The number of nitrogens with one attached hydrogen (secondary N) is 1. The van der Waals surface area contributed by atoms with Crippen molar-refractivity contribution in [3.63, 3.8) is 0 Å². The van der Waals surface area contributed by atoms with Gasteiger partial charge in [-0.2, -0.15) is 0 Å². The van der Waals surface area contributed by atoms with Crippen molar-refractivity contribution in [1.29, 1.82) is 0 Å². The van der Waals surface area contributed by atoms with Crippen molar-refractivity contribution in [3.05, 3.63) is 35.4 Å². The molecule has 0 amide bonds. The summed E-state index contributed by atoms with van der Waals surface area (Å²) >= 11 is 0. The fraction of sp³-hybridized carbons (Fsp3) is 0.625. The van der Waals surface area contributed by atoms with Crippen LogP contribution in [0.25, 0.3) is 0 Å². The van der Waals surface area contributed by atoms with Gasteiger partial charge in [-0.1, -0.05) is 24.3 Å². The van der Waals surface area contributed by atoms with Crippen molar-refractivity contribution >= 4 is 0 Å². The van der Waals surface area contributed by atoms with Crippen LogP contribution in [0, 0.1) is 6.92 Å². The maximum atomic E-state index is 3.52. The van der Waals surface area contributed by atoms with Gasteiger partial charge < -0.3 is 10.2 Å². The van der Waals surface area contributed by atoms with Crippen LogP contribution >= 0.6 is 0 Å². The van der Waals surface area contributed by atoms with Crippen LogP contribution in [0.2, 0.25) is 0 Å². The van der Waals surface area contributed by atoms with Crippen molar-refractivity contribution in [1.82, 2.24) is 10.2 Å². The Balaban J connectivity index is 2.25. The van der Waals surface area contributed by atoms with Crippen molar-refractivity contribution in [2.75, 3.05) is 26.7 Å². The van der Waals surface area contributed by atoms with E-state index in [0.717, 1.165) is 26.1 Å². The smallest absolute Gasteiger partial charge is 0.0104 e. The van der Waals surface area contributed by atoms with Crippen LogP contribution in [0.15, 0.2) is 24.3 Å². The molecule has 0 saturated heterocycles. The molecule has 0 atom stereocenters.